The maximum atomic E-state index is 3.72. The van der Waals surface area contributed by atoms with E-state index in [1.54, 1.807) is 10.4 Å². The minimum absolute atomic E-state index is 0.687. The fraction of sp³-hybridized carbons (Fsp3) is 0.750. The zero-order chi connectivity index (χ0) is 13.2. The van der Waals surface area contributed by atoms with Gasteiger partial charge in [0.1, 0.15) is 0 Å². The Balaban J connectivity index is 1.83. The summed E-state index contributed by atoms with van der Waals surface area (Å²) in [6.45, 7) is 7.04. The third-order valence-corrected chi connectivity index (χ3v) is 5.92. The van der Waals surface area contributed by atoms with Crippen LogP contribution in [0.1, 0.15) is 56.0 Å². The van der Waals surface area contributed by atoms with E-state index in [1.807, 2.05) is 11.3 Å². The SMILES string of the molecule is CCC1CN(C2CCCc3sccc32)C(CC)CN1. The standard InChI is InChI=1S/C16H26N2S/c1-3-12-11-18(13(4-2)10-17-12)15-6-5-7-16-14(15)8-9-19-16/h8-9,12-13,15,17H,3-7,10-11H2,1-2H3. The van der Waals surface area contributed by atoms with Gasteiger partial charge in [0.25, 0.3) is 0 Å². The first-order valence-corrected chi connectivity index (χ1v) is 8.76. The molecule has 1 saturated heterocycles. The summed E-state index contributed by atoms with van der Waals surface area (Å²) in [5.41, 5.74) is 1.64. The molecule has 3 atom stereocenters. The highest BCUT2D eigenvalue weighted by atomic mass is 32.1. The summed E-state index contributed by atoms with van der Waals surface area (Å²) in [5.74, 6) is 0. The maximum absolute atomic E-state index is 3.72. The average Bonchev–Trinajstić information content (AvgIpc) is 2.94. The number of fused-ring (bicyclic) bond motifs is 1. The summed E-state index contributed by atoms with van der Waals surface area (Å²) in [4.78, 5) is 4.47. The number of nitrogens with one attached hydrogen (secondary N) is 1. The number of hydrogen-bond acceptors (Lipinski definition) is 3. The van der Waals surface area contributed by atoms with Gasteiger partial charge in [-0.05, 0) is 49.1 Å². The number of nitrogens with zero attached hydrogens (tertiary/aromatic N) is 1. The lowest BCUT2D eigenvalue weighted by Gasteiger charge is -2.45. The predicted octanol–water partition coefficient (Wildman–Crippen LogP) is 3.59. The molecule has 2 aliphatic rings. The van der Waals surface area contributed by atoms with Crippen LogP contribution in [0, 0.1) is 0 Å². The van der Waals surface area contributed by atoms with Crippen molar-refractivity contribution in [2.24, 2.45) is 0 Å². The van der Waals surface area contributed by atoms with E-state index in [0.29, 0.717) is 12.1 Å². The molecule has 0 radical (unpaired) electrons. The van der Waals surface area contributed by atoms with E-state index in [-0.39, 0.29) is 0 Å². The van der Waals surface area contributed by atoms with Crippen molar-refractivity contribution in [3.63, 3.8) is 0 Å². The third kappa shape index (κ3) is 2.61. The smallest absolute Gasteiger partial charge is 0.0363 e. The first-order chi connectivity index (χ1) is 9.33. The topological polar surface area (TPSA) is 15.3 Å². The Morgan fingerprint density at radius 1 is 1.37 bits per heavy atom. The molecule has 1 aliphatic heterocycles. The van der Waals surface area contributed by atoms with Crippen LogP contribution < -0.4 is 5.32 Å². The average molecular weight is 278 g/mol. The first-order valence-electron chi connectivity index (χ1n) is 7.88. The van der Waals surface area contributed by atoms with Gasteiger partial charge >= 0.3 is 0 Å². The molecule has 3 rings (SSSR count). The Morgan fingerprint density at radius 3 is 3.05 bits per heavy atom. The van der Waals surface area contributed by atoms with Crippen LogP contribution in [0.5, 0.6) is 0 Å². The second-order valence-electron chi connectivity index (χ2n) is 5.98. The highest BCUT2D eigenvalue weighted by Gasteiger charge is 2.34. The fourth-order valence-corrected chi connectivity index (χ4v) is 4.71. The molecule has 1 aromatic heterocycles. The third-order valence-electron chi connectivity index (χ3n) is 4.93. The van der Waals surface area contributed by atoms with Gasteiger partial charge in [-0.25, -0.2) is 0 Å². The van der Waals surface area contributed by atoms with Crippen molar-refractivity contribution in [2.75, 3.05) is 13.1 Å². The van der Waals surface area contributed by atoms with Crippen LogP contribution in [0.15, 0.2) is 11.4 Å². The minimum atomic E-state index is 0.687. The highest BCUT2D eigenvalue weighted by molar-refractivity contribution is 7.10. The van der Waals surface area contributed by atoms with Crippen molar-refractivity contribution in [1.29, 1.82) is 0 Å². The number of rotatable bonds is 3. The molecule has 2 heterocycles. The van der Waals surface area contributed by atoms with E-state index in [1.165, 1.54) is 45.2 Å². The molecule has 1 N–H and O–H groups in total. The van der Waals surface area contributed by atoms with Gasteiger partial charge in [-0.3, -0.25) is 4.90 Å². The molecule has 0 amide bonds. The Bertz CT molecular complexity index is 415. The summed E-state index contributed by atoms with van der Waals surface area (Å²) < 4.78 is 0. The van der Waals surface area contributed by atoms with Gasteiger partial charge in [-0.1, -0.05) is 13.8 Å². The summed E-state index contributed by atoms with van der Waals surface area (Å²) in [5, 5.41) is 6.01. The Kier molecular flexibility index (Phi) is 4.25. The van der Waals surface area contributed by atoms with Gasteiger partial charge in [0.2, 0.25) is 0 Å². The Morgan fingerprint density at radius 2 is 2.26 bits per heavy atom. The Hall–Kier alpha value is -0.380. The van der Waals surface area contributed by atoms with Crippen LogP contribution in [0.2, 0.25) is 0 Å². The van der Waals surface area contributed by atoms with Crippen LogP contribution in [0.25, 0.3) is 0 Å². The molecule has 3 heteroatoms. The van der Waals surface area contributed by atoms with E-state index in [9.17, 15) is 0 Å². The molecule has 0 bridgehead atoms. The lowest BCUT2D eigenvalue weighted by Crippen LogP contribution is -2.57. The van der Waals surface area contributed by atoms with Crippen LogP contribution >= 0.6 is 11.3 Å². The summed E-state index contributed by atoms with van der Waals surface area (Å²) in [6.07, 6.45) is 6.55. The van der Waals surface area contributed by atoms with E-state index >= 15 is 0 Å². The lowest BCUT2D eigenvalue weighted by atomic mass is 9.90. The summed E-state index contributed by atoms with van der Waals surface area (Å²) in [7, 11) is 0. The largest absolute Gasteiger partial charge is 0.311 e. The number of hydrogen-bond donors (Lipinski definition) is 1. The molecule has 19 heavy (non-hydrogen) atoms. The lowest BCUT2D eigenvalue weighted by molar-refractivity contribution is 0.0688. The van der Waals surface area contributed by atoms with Crippen molar-refractivity contribution in [3.8, 4) is 0 Å². The normalized spacial score (nSPS) is 32.2. The zero-order valence-electron chi connectivity index (χ0n) is 12.2. The second kappa shape index (κ2) is 5.94. The minimum Gasteiger partial charge on any atom is -0.311 e. The molecule has 2 nitrogen and oxygen atoms in total. The van der Waals surface area contributed by atoms with Gasteiger partial charge in [0.05, 0.1) is 0 Å². The number of thiophene rings is 1. The van der Waals surface area contributed by atoms with Crippen molar-refractivity contribution in [1.82, 2.24) is 10.2 Å². The quantitative estimate of drug-likeness (QED) is 0.909. The van der Waals surface area contributed by atoms with E-state index in [0.717, 1.165) is 6.04 Å². The molecule has 3 unspecified atom stereocenters. The molecule has 1 fully saturated rings. The van der Waals surface area contributed by atoms with Gasteiger partial charge in [0, 0.05) is 36.1 Å². The van der Waals surface area contributed by atoms with Crippen molar-refractivity contribution < 1.29 is 0 Å². The first kappa shape index (κ1) is 13.6. The van der Waals surface area contributed by atoms with Gasteiger partial charge in [-0.2, -0.15) is 0 Å². The molecule has 0 spiro atoms. The molecule has 0 saturated carbocycles. The van der Waals surface area contributed by atoms with E-state index in [2.05, 4.69) is 35.5 Å². The van der Waals surface area contributed by atoms with Crippen LogP contribution in [0.4, 0.5) is 0 Å². The van der Waals surface area contributed by atoms with Gasteiger partial charge in [0.15, 0.2) is 0 Å². The number of aryl methyl sites for hydroxylation is 1. The van der Waals surface area contributed by atoms with Crippen LogP contribution in [-0.4, -0.2) is 30.1 Å². The molecule has 1 aromatic rings. The molecular formula is C16H26N2S. The maximum Gasteiger partial charge on any atom is 0.0363 e. The van der Waals surface area contributed by atoms with Gasteiger partial charge in [-0.15, -0.1) is 11.3 Å². The molecule has 0 aromatic carbocycles. The fourth-order valence-electron chi connectivity index (χ4n) is 3.73. The molecular weight excluding hydrogens is 252 g/mol. The second-order valence-corrected chi connectivity index (χ2v) is 6.98. The predicted molar refractivity (Wildman–Crippen MR) is 82.9 cm³/mol. The molecule has 106 valence electrons. The van der Waals surface area contributed by atoms with Crippen molar-refractivity contribution in [3.05, 3.63) is 21.9 Å². The number of piperazine rings is 1. The monoisotopic (exact) mass is 278 g/mol. The summed E-state index contributed by atoms with van der Waals surface area (Å²) >= 11 is 1.97. The summed E-state index contributed by atoms with van der Waals surface area (Å²) in [6, 6.07) is 4.49. The van der Waals surface area contributed by atoms with Gasteiger partial charge < -0.3 is 5.32 Å². The molecule has 1 aliphatic carbocycles. The van der Waals surface area contributed by atoms with E-state index in [4.69, 9.17) is 0 Å². The Labute approximate surface area is 121 Å². The zero-order valence-corrected chi connectivity index (χ0v) is 13.0. The van der Waals surface area contributed by atoms with E-state index < -0.39 is 0 Å². The van der Waals surface area contributed by atoms with Crippen LogP contribution in [0.3, 0.4) is 0 Å². The van der Waals surface area contributed by atoms with Crippen LogP contribution in [-0.2, 0) is 6.42 Å². The van der Waals surface area contributed by atoms with Crippen molar-refractivity contribution in [2.45, 2.75) is 64.1 Å². The highest BCUT2D eigenvalue weighted by Crippen LogP contribution is 2.39. The van der Waals surface area contributed by atoms with Crippen molar-refractivity contribution >= 4 is 11.3 Å².